The van der Waals surface area contributed by atoms with Gasteiger partial charge >= 0.3 is 0 Å². The molecule has 0 bridgehead atoms. The molecule has 3 rings (SSSR count). The first-order chi connectivity index (χ1) is 13.1. The van der Waals surface area contributed by atoms with Gasteiger partial charge in [0.2, 0.25) is 5.91 Å². The molecule has 1 N–H and O–H groups in total. The fourth-order valence-electron chi connectivity index (χ4n) is 3.73. The molecule has 27 heavy (non-hydrogen) atoms. The Morgan fingerprint density at radius 3 is 2.07 bits per heavy atom. The summed E-state index contributed by atoms with van der Waals surface area (Å²) in [5.74, 6) is 0.353. The van der Waals surface area contributed by atoms with Crippen LogP contribution in [0.2, 0.25) is 0 Å². The normalized spacial score (nSPS) is 18.0. The van der Waals surface area contributed by atoms with Crippen LogP contribution in [0.5, 0.6) is 0 Å². The van der Waals surface area contributed by atoms with Crippen LogP contribution in [-0.4, -0.2) is 55.5 Å². The van der Waals surface area contributed by atoms with E-state index in [2.05, 4.69) is 65.5 Å². The molecule has 1 aliphatic rings. The van der Waals surface area contributed by atoms with Crippen LogP contribution in [0.25, 0.3) is 0 Å². The molecule has 0 aliphatic carbocycles. The predicted octanol–water partition coefficient (Wildman–Crippen LogP) is 3.29. The van der Waals surface area contributed by atoms with Crippen LogP contribution in [0.3, 0.4) is 0 Å². The molecule has 0 saturated carbocycles. The third-order valence-corrected chi connectivity index (χ3v) is 5.52. The summed E-state index contributed by atoms with van der Waals surface area (Å²) in [6.45, 7) is 6.99. The van der Waals surface area contributed by atoms with Crippen molar-refractivity contribution in [2.24, 2.45) is 0 Å². The zero-order valence-corrected chi connectivity index (χ0v) is 16.5. The summed E-state index contributed by atoms with van der Waals surface area (Å²) in [6.07, 6.45) is 0.522. The first-order valence-corrected chi connectivity index (χ1v) is 9.92. The Bertz CT molecular complexity index is 696. The number of rotatable bonds is 7. The molecule has 1 saturated heterocycles. The maximum absolute atomic E-state index is 12.6. The molecular weight excluding hydrogens is 334 g/mol. The van der Waals surface area contributed by atoms with Gasteiger partial charge in [-0.3, -0.25) is 9.69 Å². The molecule has 2 unspecified atom stereocenters. The van der Waals surface area contributed by atoms with Crippen molar-refractivity contribution in [2.45, 2.75) is 25.3 Å². The topological polar surface area (TPSA) is 35.6 Å². The summed E-state index contributed by atoms with van der Waals surface area (Å²) in [5, 5.41) is 3.20. The number of amides is 1. The SMILES string of the molecule is CC(CC(=O)NCC(c1ccccc1)N1CCN(C)CC1)c1ccccc1. The number of carbonyl (C=O) groups excluding carboxylic acids is 1. The molecule has 1 fully saturated rings. The number of piperazine rings is 1. The van der Waals surface area contributed by atoms with Gasteiger partial charge in [0.15, 0.2) is 0 Å². The molecule has 1 aliphatic heterocycles. The van der Waals surface area contributed by atoms with Gasteiger partial charge in [-0.1, -0.05) is 67.6 Å². The van der Waals surface area contributed by atoms with E-state index in [0.717, 1.165) is 26.2 Å². The van der Waals surface area contributed by atoms with Crippen LogP contribution >= 0.6 is 0 Å². The molecule has 0 radical (unpaired) electrons. The van der Waals surface area contributed by atoms with Crippen molar-refractivity contribution in [3.8, 4) is 0 Å². The maximum Gasteiger partial charge on any atom is 0.220 e. The van der Waals surface area contributed by atoms with Gasteiger partial charge in [0.05, 0.1) is 6.04 Å². The monoisotopic (exact) mass is 365 g/mol. The highest BCUT2D eigenvalue weighted by Gasteiger charge is 2.24. The van der Waals surface area contributed by atoms with Crippen molar-refractivity contribution in [2.75, 3.05) is 39.8 Å². The van der Waals surface area contributed by atoms with Crippen molar-refractivity contribution in [1.82, 2.24) is 15.1 Å². The summed E-state index contributed by atoms with van der Waals surface area (Å²) < 4.78 is 0. The average molecular weight is 366 g/mol. The van der Waals surface area contributed by atoms with E-state index in [-0.39, 0.29) is 17.9 Å². The Labute approximate surface area is 163 Å². The van der Waals surface area contributed by atoms with Gasteiger partial charge in [-0.05, 0) is 24.1 Å². The molecule has 2 aromatic carbocycles. The minimum Gasteiger partial charge on any atom is -0.354 e. The largest absolute Gasteiger partial charge is 0.354 e. The molecule has 2 aromatic rings. The van der Waals surface area contributed by atoms with Crippen LogP contribution in [0.1, 0.15) is 36.4 Å². The molecule has 0 aromatic heterocycles. The standard InChI is InChI=1S/C23H31N3O/c1-19(20-9-5-3-6-10-20)17-23(27)24-18-22(21-11-7-4-8-12-21)26-15-13-25(2)14-16-26/h3-12,19,22H,13-18H2,1-2H3,(H,24,27). The van der Waals surface area contributed by atoms with Crippen LogP contribution in [-0.2, 0) is 4.79 Å². The molecular formula is C23H31N3O. The number of likely N-dealkylation sites (N-methyl/N-ethyl adjacent to an activating group) is 1. The van der Waals surface area contributed by atoms with Crippen molar-refractivity contribution in [1.29, 1.82) is 0 Å². The highest BCUT2D eigenvalue weighted by molar-refractivity contribution is 5.76. The first-order valence-electron chi connectivity index (χ1n) is 9.92. The molecule has 0 spiro atoms. The number of hydrogen-bond acceptors (Lipinski definition) is 3. The predicted molar refractivity (Wildman–Crippen MR) is 111 cm³/mol. The zero-order valence-electron chi connectivity index (χ0n) is 16.5. The van der Waals surface area contributed by atoms with E-state index in [1.165, 1.54) is 11.1 Å². The lowest BCUT2D eigenvalue weighted by molar-refractivity contribution is -0.121. The maximum atomic E-state index is 12.6. The average Bonchev–Trinajstić information content (AvgIpc) is 2.71. The first kappa shape index (κ1) is 19.6. The Hall–Kier alpha value is -2.17. The van der Waals surface area contributed by atoms with Crippen molar-refractivity contribution < 1.29 is 4.79 Å². The van der Waals surface area contributed by atoms with E-state index in [4.69, 9.17) is 0 Å². The van der Waals surface area contributed by atoms with Crippen molar-refractivity contribution >= 4 is 5.91 Å². The lowest BCUT2D eigenvalue weighted by Gasteiger charge is -2.38. The Balaban J connectivity index is 1.60. The quantitative estimate of drug-likeness (QED) is 0.818. The fourth-order valence-corrected chi connectivity index (χ4v) is 3.73. The highest BCUT2D eigenvalue weighted by atomic mass is 16.1. The molecule has 144 valence electrons. The van der Waals surface area contributed by atoms with Gasteiger partial charge in [-0.2, -0.15) is 0 Å². The lowest BCUT2D eigenvalue weighted by Crippen LogP contribution is -2.48. The second-order valence-corrected chi connectivity index (χ2v) is 7.59. The highest BCUT2D eigenvalue weighted by Crippen LogP contribution is 2.22. The van der Waals surface area contributed by atoms with E-state index in [9.17, 15) is 4.79 Å². The van der Waals surface area contributed by atoms with E-state index in [1.807, 2.05) is 24.3 Å². The number of nitrogens with one attached hydrogen (secondary N) is 1. The van der Waals surface area contributed by atoms with E-state index >= 15 is 0 Å². The third kappa shape index (κ3) is 5.65. The number of nitrogens with zero attached hydrogens (tertiary/aromatic N) is 2. The Morgan fingerprint density at radius 2 is 1.48 bits per heavy atom. The molecule has 4 nitrogen and oxygen atoms in total. The summed E-state index contributed by atoms with van der Waals surface area (Å²) >= 11 is 0. The van der Waals surface area contributed by atoms with Gasteiger partial charge in [0.1, 0.15) is 0 Å². The van der Waals surface area contributed by atoms with Crippen molar-refractivity contribution in [3.05, 3.63) is 71.8 Å². The van der Waals surface area contributed by atoms with Crippen LogP contribution < -0.4 is 5.32 Å². The molecule has 1 heterocycles. The molecule has 4 heteroatoms. The van der Waals surface area contributed by atoms with Gasteiger partial charge in [-0.15, -0.1) is 0 Å². The Kier molecular flexibility index (Phi) is 7.02. The van der Waals surface area contributed by atoms with Crippen LogP contribution in [0, 0.1) is 0 Å². The van der Waals surface area contributed by atoms with E-state index in [1.54, 1.807) is 0 Å². The smallest absolute Gasteiger partial charge is 0.220 e. The van der Waals surface area contributed by atoms with Crippen LogP contribution in [0.15, 0.2) is 60.7 Å². The molecule has 1 amide bonds. The third-order valence-electron chi connectivity index (χ3n) is 5.52. The summed E-state index contributed by atoms with van der Waals surface area (Å²) in [6, 6.07) is 21.0. The lowest BCUT2D eigenvalue weighted by atomic mass is 9.97. The minimum atomic E-state index is 0.126. The summed E-state index contributed by atoms with van der Waals surface area (Å²) in [7, 11) is 2.17. The van der Waals surface area contributed by atoms with Crippen LogP contribution in [0.4, 0.5) is 0 Å². The second-order valence-electron chi connectivity index (χ2n) is 7.59. The summed E-state index contributed by atoms with van der Waals surface area (Å²) in [4.78, 5) is 17.4. The number of benzene rings is 2. The molecule has 2 atom stereocenters. The zero-order chi connectivity index (χ0) is 19.1. The summed E-state index contributed by atoms with van der Waals surface area (Å²) in [5.41, 5.74) is 2.49. The fraction of sp³-hybridized carbons (Fsp3) is 0.435. The minimum absolute atomic E-state index is 0.126. The van der Waals surface area contributed by atoms with Gasteiger partial charge in [0.25, 0.3) is 0 Å². The van der Waals surface area contributed by atoms with Gasteiger partial charge < -0.3 is 10.2 Å². The van der Waals surface area contributed by atoms with Crippen molar-refractivity contribution in [3.63, 3.8) is 0 Å². The Morgan fingerprint density at radius 1 is 0.926 bits per heavy atom. The van der Waals surface area contributed by atoms with Gasteiger partial charge in [0, 0.05) is 39.1 Å². The number of carbonyl (C=O) groups is 1. The van der Waals surface area contributed by atoms with E-state index in [0.29, 0.717) is 13.0 Å². The van der Waals surface area contributed by atoms with E-state index < -0.39 is 0 Å². The second kappa shape index (κ2) is 9.67. The van der Waals surface area contributed by atoms with Gasteiger partial charge in [-0.25, -0.2) is 0 Å². The number of hydrogen-bond donors (Lipinski definition) is 1.